The molecular formula is C18H22O7. The molecule has 4 unspecified atom stereocenters. The second-order valence-electron chi connectivity index (χ2n) is 6.04. The number of ether oxygens (including phenoxy) is 5. The molecule has 1 aromatic carbocycles. The highest BCUT2D eigenvalue weighted by Crippen LogP contribution is 2.47. The van der Waals surface area contributed by atoms with E-state index in [9.17, 15) is 4.79 Å². The third kappa shape index (κ3) is 3.72. The average Bonchev–Trinajstić information content (AvgIpc) is 2.93. The first-order valence-electron chi connectivity index (χ1n) is 8.16. The summed E-state index contributed by atoms with van der Waals surface area (Å²) in [5, 5.41) is 8.81. The minimum Gasteiger partial charge on any atom is -0.482 e. The van der Waals surface area contributed by atoms with Crippen LogP contribution in [-0.2, 0) is 14.3 Å². The first-order chi connectivity index (χ1) is 12.1. The van der Waals surface area contributed by atoms with Crippen molar-refractivity contribution < 1.29 is 33.6 Å². The third-order valence-electron chi connectivity index (χ3n) is 4.40. The number of para-hydroxylation sites is 1. The summed E-state index contributed by atoms with van der Waals surface area (Å²) in [6.07, 6.45) is 2.81. The number of hydrogen-bond acceptors (Lipinski definition) is 6. The molecule has 2 aliphatic rings. The molecule has 0 saturated heterocycles. The molecule has 136 valence electrons. The molecule has 25 heavy (non-hydrogen) atoms. The van der Waals surface area contributed by atoms with Crippen molar-refractivity contribution >= 4 is 5.97 Å². The Morgan fingerprint density at radius 2 is 2.28 bits per heavy atom. The molecule has 0 aromatic heterocycles. The van der Waals surface area contributed by atoms with Crippen LogP contribution in [0.3, 0.4) is 0 Å². The second kappa shape index (κ2) is 7.76. The Morgan fingerprint density at radius 1 is 1.44 bits per heavy atom. The van der Waals surface area contributed by atoms with E-state index in [0.717, 1.165) is 6.42 Å². The van der Waals surface area contributed by atoms with Gasteiger partial charge in [0.1, 0.15) is 19.0 Å². The van der Waals surface area contributed by atoms with Gasteiger partial charge in [-0.3, -0.25) is 0 Å². The van der Waals surface area contributed by atoms with E-state index in [-0.39, 0.29) is 31.0 Å². The van der Waals surface area contributed by atoms with Gasteiger partial charge >= 0.3 is 5.97 Å². The maximum Gasteiger partial charge on any atom is 0.341 e. The van der Waals surface area contributed by atoms with Gasteiger partial charge in [-0.2, -0.15) is 0 Å². The van der Waals surface area contributed by atoms with Crippen LogP contribution in [0.15, 0.2) is 30.9 Å². The van der Waals surface area contributed by atoms with Crippen LogP contribution in [-0.4, -0.2) is 49.9 Å². The molecule has 1 heterocycles. The fourth-order valence-electron chi connectivity index (χ4n) is 3.38. The number of hydrogen-bond donors (Lipinski definition) is 1. The summed E-state index contributed by atoms with van der Waals surface area (Å²) in [5.74, 6) is 0.404. The van der Waals surface area contributed by atoms with Gasteiger partial charge in [0, 0.05) is 19.4 Å². The fourth-order valence-corrected chi connectivity index (χ4v) is 3.38. The summed E-state index contributed by atoms with van der Waals surface area (Å²) in [7, 11) is 1.58. The van der Waals surface area contributed by atoms with Crippen LogP contribution in [0.5, 0.6) is 17.2 Å². The predicted octanol–water partition coefficient (Wildman–Crippen LogP) is 2.24. The molecule has 0 radical (unpaired) electrons. The van der Waals surface area contributed by atoms with E-state index >= 15 is 0 Å². The number of aliphatic carboxylic acids is 1. The van der Waals surface area contributed by atoms with Crippen LogP contribution in [0.1, 0.15) is 12.8 Å². The minimum atomic E-state index is -1.05. The largest absolute Gasteiger partial charge is 0.482 e. The maximum absolute atomic E-state index is 10.7. The molecule has 1 N–H and O–H groups in total. The van der Waals surface area contributed by atoms with Crippen molar-refractivity contribution in [2.24, 2.45) is 5.92 Å². The lowest BCUT2D eigenvalue weighted by Crippen LogP contribution is -2.39. The average molecular weight is 350 g/mol. The van der Waals surface area contributed by atoms with Crippen LogP contribution in [0.2, 0.25) is 0 Å². The fraction of sp³-hybridized carbons (Fsp3) is 0.500. The first-order valence-corrected chi connectivity index (χ1v) is 8.16. The zero-order chi connectivity index (χ0) is 17.8. The van der Waals surface area contributed by atoms with E-state index in [1.165, 1.54) is 0 Å². The highest BCUT2D eigenvalue weighted by molar-refractivity contribution is 5.68. The number of allylic oxidation sites excluding steroid dienone is 1. The molecule has 1 aromatic rings. The number of benzene rings is 1. The molecule has 0 amide bonds. The van der Waals surface area contributed by atoms with Crippen LogP contribution in [0.25, 0.3) is 0 Å². The molecule has 7 heteroatoms. The maximum atomic E-state index is 10.7. The SMILES string of the molecule is C=CCC1C(OCOC)CC2Oc3c(OCC(=O)O)cccc3OC21. The monoisotopic (exact) mass is 350 g/mol. The number of carboxylic acid groups (broad SMARTS) is 1. The number of methoxy groups -OCH3 is 1. The highest BCUT2D eigenvalue weighted by Gasteiger charge is 2.49. The topological polar surface area (TPSA) is 83.5 Å². The van der Waals surface area contributed by atoms with Gasteiger partial charge in [0.05, 0.1) is 6.10 Å². The van der Waals surface area contributed by atoms with Crippen LogP contribution in [0.4, 0.5) is 0 Å². The number of fused-ring (bicyclic) bond motifs is 2. The number of rotatable bonds is 8. The van der Waals surface area contributed by atoms with Gasteiger partial charge < -0.3 is 28.8 Å². The standard InChI is InChI=1S/C18H22O7/c1-3-5-11-14(23-10-21-2)8-15-17(11)24-13-7-4-6-12(18(13)25-15)22-9-16(19)20/h3-4,6-7,11,14-15,17H,1,5,8-10H2,2H3,(H,19,20). The smallest absolute Gasteiger partial charge is 0.341 e. The van der Waals surface area contributed by atoms with E-state index in [4.69, 9.17) is 28.8 Å². The lowest BCUT2D eigenvalue weighted by Gasteiger charge is -2.33. The van der Waals surface area contributed by atoms with E-state index < -0.39 is 12.6 Å². The van der Waals surface area contributed by atoms with Gasteiger partial charge in [-0.05, 0) is 18.6 Å². The van der Waals surface area contributed by atoms with Gasteiger partial charge in [0.25, 0.3) is 0 Å². The van der Waals surface area contributed by atoms with E-state index in [0.29, 0.717) is 23.7 Å². The molecule has 0 bridgehead atoms. The van der Waals surface area contributed by atoms with Crippen LogP contribution >= 0.6 is 0 Å². The highest BCUT2D eigenvalue weighted by atomic mass is 16.7. The summed E-state index contributed by atoms with van der Waals surface area (Å²) in [6, 6.07) is 5.20. The van der Waals surface area contributed by atoms with Gasteiger partial charge in [-0.1, -0.05) is 12.1 Å². The van der Waals surface area contributed by atoms with Crippen molar-refractivity contribution in [1.82, 2.24) is 0 Å². The molecule has 1 fully saturated rings. The molecule has 4 atom stereocenters. The Kier molecular flexibility index (Phi) is 5.45. The summed E-state index contributed by atoms with van der Waals surface area (Å²) >= 11 is 0. The number of carboxylic acids is 1. The molecule has 3 rings (SSSR count). The summed E-state index contributed by atoms with van der Waals surface area (Å²) in [5.41, 5.74) is 0. The molecule has 1 aliphatic carbocycles. The summed E-state index contributed by atoms with van der Waals surface area (Å²) in [6.45, 7) is 3.59. The summed E-state index contributed by atoms with van der Waals surface area (Å²) in [4.78, 5) is 10.7. The lowest BCUT2D eigenvalue weighted by molar-refractivity contribution is -0.139. The van der Waals surface area contributed by atoms with Crippen molar-refractivity contribution in [3.8, 4) is 17.2 Å². The Morgan fingerprint density at radius 3 is 3.00 bits per heavy atom. The quantitative estimate of drug-likeness (QED) is 0.568. The zero-order valence-electron chi connectivity index (χ0n) is 14.1. The Hall–Kier alpha value is -2.25. The molecule has 1 aliphatic heterocycles. The van der Waals surface area contributed by atoms with Gasteiger partial charge in [0.15, 0.2) is 18.1 Å². The predicted molar refractivity (Wildman–Crippen MR) is 88.1 cm³/mol. The van der Waals surface area contributed by atoms with E-state index in [1.54, 1.807) is 25.3 Å². The molecule has 0 spiro atoms. The Balaban J connectivity index is 1.80. The van der Waals surface area contributed by atoms with Gasteiger partial charge in [-0.15, -0.1) is 6.58 Å². The lowest BCUT2D eigenvalue weighted by atomic mass is 9.98. The summed E-state index contributed by atoms with van der Waals surface area (Å²) < 4.78 is 28.4. The van der Waals surface area contributed by atoms with Crippen LogP contribution < -0.4 is 14.2 Å². The molecule has 7 nitrogen and oxygen atoms in total. The number of carbonyl (C=O) groups is 1. The van der Waals surface area contributed by atoms with Crippen molar-refractivity contribution in [3.05, 3.63) is 30.9 Å². The zero-order valence-corrected chi connectivity index (χ0v) is 14.1. The van der Waals surface area contributed by atoms with Gasteiger partial charge in [0.2, 0.25) is 5.75 Å². The van der Waals surface area contributed by atoms with Crippen LogP contribution in [0, 0.1) is 5.92 Å². The normalized spacial score (nSPS) is 26.8. The molecular weight excluding hydrogens is 328 g/mol. The molecule has 1 saturated carbocycles. The van der Waals surface area contributed by atoms with E-state index in [1.807, 2.05) is 6.08 Å². The Labute approximate surface area is 146 Å². The minimum absolute atomic E-state index is 0.0642. The first kappa shape index (κ1) is 17.6. The van der Waals surface area contributed by atoms with Crippen molar-refractivity contribution in [2.45, 2.75) is 31.2 Å². The van der Waals surface area contributed by atoms with E-state index in [2.05, 4.69) is 6.58 Å². The third-order valence-corrected chi connectivity index (χ3v) is 4.40. The van der Waals surface area contributed by atoms with Crippen molar-refractivity contribution in [2.75, 3.05) is 20.5 Å². The van der Waals surface area contributed by atoms with Gasteiger partial charge in [-0.25, -0.2) is 4.79 Å². The second-order valence-corrected chi connectivity index (χ2v) is 6.04. The van der Waals surface area contributed by atoms with Crippen molar-refractivity contribution in [1.29, 1.82) is 0 Å². The Bertz CT molecular complexity index is 630. The van der Waals surface area contributed by atoms with Crippen molar-refractivity contribution in [3.63, 3.8) is 0 Å².